The second-order valence-corrected chi connectivity index (χ2v) is 7.19. The summed E-state index contributed by atoms with van der Waals surface area (Å²) in [7, 11) is 0. The highest BCUT2D eigenvalue weighted by Gasteiger charge is 2.26. The SMILES string of the molecule is O=C(O)COC/C=C\CN1C(=O)SCC[C@@H]1/C=C/C(O)Cc1ccccc1. The highest BCUT2D eigenvalue weighted by atomic mass is 32.2. The molecule has 0 aliphatic carbocycles. The van der Waals surface area contributed by atoms with E-state index in [9.17, 15) is 14.7 Å². The molecule has 0 aromatic heterocycles. The first-order chi connectivity index (χ1) is 13.1. The van der Waals surface area contributed by atoms with Crippen LogP contribution in [0.4, 0.5) is 4.79 Å². The van der Waals surface area contributed by atoms with E-state index < -0.39 is 12.1 Å². The van der Waals surface area contributed by atoms with Crippen LogP contribution in [0.15, 0.2) is 54.6 Å². The summed E-state index contributed by atoms with van der Waals surface area (Å²) in [6.07, 6.45) is 7.93. The van der Waals surface area contributed by atoms with E-state index in [4.69, 9.17) is 9.84 Å². The number of hydrogen-bond donors (Lipinski definition) is 2. The summed E-state index contributed by atoms with van der Waals surface area (Å²) >= 11 is 1.29. The van der Waals surface area contributed by atoms with Gasteiger partial charge in [-0.25, -0.2) is 4.79 Å². The lowest BCUT2D eigenvalue weighted by Crippen LogP contribution is -2.41. The standard InChI is InChI=1S/C20H25NO5S/c22-18(14-16-6-2-1-3-7-16)9-8-17-10-13-27-20(25)21(17)11-4-5-12-26-15-19(23)24/h1-9,17-18,22H,10-15H2,(H,23,24)/b5-4-,9-8+/t17-,18?/m0/s1. The van der Waals surface area contributed by atoms with E-state index in [1.54, 1.807) is 23.1 Å². The average Bonchev–Trinajstić information content (AvgIpc) is 2.65. The van der Waals surface area contributed by atoms with Crippen molar-refractivity contribution in [3.63, 3.8) is 0 Å². The van der Waals surface area contributed by atoms with Crippen molar-refractivity contribution in [2.75, 3.05) is 25.5 Å². The van der Waals surface area contributed by atoms with E-state index in [0.29, 0.717) is 13.0 Å². The van der Waals surface area contributed by atoms with Gasteiger partial charge >= 0.3 is 5.97 Å². The van der Waals surface area contributed by atoms with Crippen LogP contribution in [-0.2, 0) is 16.0 Å². The van der Waals surface area contributed by atoms with Gasteiger partial charge in [-0.3, -0.25) is 4.79 Å². The smallest absolute Gasteiger partial charge is 0.329 e. The molecular weight excluding hydrogens is 366 g/mol. The maximum Gasteiger partial charge on any atom is 0.329 e. The van der Waals surface area contributed by atoms with Crippen LogP contribution in [0, 0.1) is 0 Å². The van der Waals surface area contributed by atoms with Crippen molar-refractivity contribution in [3.05, 3.63) is 60.2 Å². The Bertz CT molecular complexity index is 662. The van der Waals surface area contributed by atoms with E-state index in [1.807, 2.05) is 36.4 Å². The van der Waals surface area contributed by atoms with Crippen LogP contribution in [0.5, 0.6) is 0 Å². The van der Waals surface area contributed by atoms with Crippen molar-refractivity contribution in [3.8, 4) is 0 Å². The van der Waals surface area contributed by atoms with E-state index in [-0.39, 0.29) is 24.5 Å². The highest BCUT2D eigenvalue weighted by molar-refractivity contribution is 8.13. The third kappa shape index (κ3) is 7.99. The summed E-state index contributed by atoms with van der Waals surface area (Å²) < 4.78 is 4.93. The minimum Gasteiger partial charge on any atom is -0.480 e. The molecule has 0 bridgehead atoms. The molecule has 2 atom stereocenters. The fraction of sp³-hybridized carbons (Fsp3) is 0.400. The Morgan fingerprint density at radius 3 is 2.85 bits per heavy atom. The fourth-order valence-corrected chi connectivity index (χ4v) is 3.61. The van der Waals surface area contributed by atoms with Crippen molar-refractivity contribution in [2.45, 2.75) is 25.0 Å². The molecule has 1 heterocycles. The number of amides is 1. The van der Waals surface area contributed by atoms with E-state index in [2.05, 4.69) is 0 Å². The minimum absolute atomic E-state index is 0.00422. The molecule has 0 spiro atoms. The Labute approximate surface area is 163 Å². The third-order valence-electron chi connectivity index (χ3n) is 4.03. The number of thioether (sulfide) groups is 1. The Hall–Kier alpha value is -2.09. The van der Waals surface area contributed by atoms with Gasteiger partial charge in [0.15, 0.2) is 0 Å². The number of aliphatic carboxylic acids is 1. The second-order valence-electron chi connectivity index (χ2n) is 6.14. The number of ether oxygens (including phenoxy) is 1. The Kier molecular flexibility index (Phi) is 9.10. The van der Waals surface area contributed by atoms with Crippen molar-refractivity contribution in [1.29, 1.82) is 0 Å². The summed E-state index contributed by atoms with van der Waals surface area (Å²) in [6.45, 7) is 0.275. The molecule has 7 heteroatoms. The Morgan fingerprint density at radius 2 is 2.11 bits per heavy atom. The Balaban J connectivity index is 1.85. The van der Waals surface area contributed by atoms with Crippen LogP contribution in [-0.4, -0.2) is 64.0 Å². The van der Waals surface area contributed by atoms with Gasteiger partial charge in [0.05, 0.1) is 18.8 Å². The van der Waals surface area contributed by atoms with Crippen LogP contribution < -0.4 is 0 Å². The molecule has 27 heavy (non-hydrogen) atoms. The monoisotopic (exact) mass is 391 g/mol. The van der Waals surface area contributed by atoms with Crippen molar-refractivity contribution in [2.24, 2.45) is 0 Å². The van der Waals surface area contributed by atoms with Crippen LogP contribution in [0.1, 0.15) is 12.0 Å². The number of aliphatic hydroxyl groups is 1. The lowest BCUT2D eigenvalue weighted by molar-refractivity contribution is -0.141. The van der Waals surface area contributed by atoms with Gasteiger partial charge in [-0.15, -0.1) is 0 Å². The van der Waals surface area contributed by atoms with E-state index in [1.165, 1.54) is 11.8 Å². The second kappa shape index (κ2) is 11.6. The first-order valence-electron chi connectivity index (χ1n) is 8.84. The van der Waals surface area contributed by atoms with Gasteiger partial charge in [0.2, 0.25) is 0 Å². The van der Waals surface area contributed by atoms with Gasteiger partial charge in [0.25, 0.3) is 5.24 Å². The number of hydrogen-bond acceptors (Lipinski definition) is 5. The molecule has 1 aliphatic rings. The van der Waals surface area contributed by atoms with Crippen LogP contribution in [0.2, 0.25) is 0 Å². The van der Waals surface area contributed by atoms with Gasteiger partial charge in [0.1, 0.15) is 6.61 Å². The number of rotatable bonds is 10. The zero-order valence-corrected chi connectivity index (χ0v) is 15.9. The van der Waals surface area contributed by atoms with Gasteiger partial charge in [-0.2, -0.15) is 0 Å². The number of benzene rings is 1. The predicted molar refractivity (Wildman–Crippen MR) is 106 cm³/mol. The summed E-state index contributed by atoms with van der Waals surface area (Å²) in [5.74, 6) is -0.254. The Morgan fingerprint density at radius 1 is 1.33 bits per heavy atom. The number of carboxylic acid groups (broad SMARTS) is 1. The van der Waals surface area contributed by atoms with Gasteiger partial charge in [-0.05, 0) is 12.0 Å². The molecule has 1 unspecified atom stereocenters. The van der Waals surface area contributed by atoms with Crippen LogP contribution >= 0.6 is 11.8 Å². The fourth-order valence-electron chi connectivity index (χ4n) is 2.70. The quantitative estimate of drug-likeness (QED) is 0.471. The third-order valence-corrected chi connectivity index (χ3v) is 4.95. The average molecular weight is 391 g/mol. The molecule has 6 nitrogen and oxygen atoms in total. The predicted octanol–water partition coefficient (Wildman–Crippen LogP) is 2.73. The maximum absolute atomic E-state index is 12.2. The summed E-state index contributed by atoms with van der Waals surface area (Å²) in [5.41, 5.74) is 1.06. The van der Waals surface area contributed by atoms with Crippen molar-refractivity contribution in [1.82, 2.24) is 4.90 Å². The minimum atomic E-state index is -1.01. The lowest BCUT2D eigenvalue weighted by atomic mass is 10.1. The van der Waals surface area contributed by atoms with Crippen molar-refractivity contribution < 1.29 is 24.5 Å². The van der Waals surface area contributed by atoms with Crippen LogP contribution in [0.25, 0.3) is 0 Å². The lowest BCUT2D eigenvalue weighted by Gasteiger charge is -2.32. The van der Waals surface area contributed by atoms with E-state index in [0.717, 1.165) is 17.7 Å². The number of carboxylic acids is 1. The zero-order valence-electron chi connectivity index (χ0n) is 15.1. The van der Waals surface area contributed by atoms with Crippen molar-refractivity contribution >= 4 is 23.0 Å². The molecule has 2 rings (SSSR count). The molecule has 1 aromatic rings. The number of aliphatic hydroxyl groups excluding tert-OH is 1. The first-order valence-corrected chi connectivity index (χ1v) is 9.83. The largest absolute Gasteiger partial charge is 0.480 e. The summed E-state index contributed by atoms with van der Waals surface area (Å²) in [4.78, 5) is 24.3. The highest BCUT2D eigenvalue weighted by Crippen LogP contribution is 2.23. The molecule has 0 saturated carbocycles. The van der Waals surface area contributed by atoms with Crippen LogP contribution in [0.3, 0.4) is 0 Å². The topological polar surface area (TPSA) is 87.1 Å². The number of carbonyl (C=O) groups is 2. The molecule has 1 saturated heterocycles. The maximum atomic E-state index is 12.2. The summed E-state index contributed by atoms with van der Waals surface area (Å²) in [5, 5.41) is 18.7. The molecule has 1 aliphatic heterocycles. The molecule has 1 aromatic carbocycles. The zero-order chi connectivity index (χ0) is 19.5. The molecule has 0 radical (unpaired) electrons. The molecule has 146 valence electrons. The molecule has 1 fully saturated rings. The normalized spacial score (nSPS) is 19.1. The van der Waals surface area contributed by atoms with Gasteiger partial charge < -0.3 is 19.8 Å². The number of carbonyl (C=O) groups excluding carboxylic acids is 1. The van der Waals surface area contributed by atoms with Gasteiger partial charge in [-0.1, -0.05) is 66.4 Å². The van der Waals surface area contributed by atoms with Gasteiger partial charge in [0, 0.05) is 18.7 Å². The molecular formula is C20H25NO5S. The number of nitrogens with zero attached hydrogens (tertiary/aromatic N) is 1. The van der Waals surface area contributed by atoms with E-state index >= 15 is 0 Å². The summed E-state index contributed by atoms with van der Waals surface area (Å²) in [6, 6.07) is 9.71. The molecule has 1 amide bonds. The molecule has 2 N–H and O–H groups in total. The first kappa shape index (κ1) is 21.2.